The number of carboxylic acid groups (broad SMARTS) is 1. The molecule has 1 aliphatic rings. The van der Waals surface area contributed by atoms with Crippen LogP contribution in [0.5, 0.6) is 5.75 Å². The van der Waals surface area contributed by atoms with Crippen LogP contribution in [-0.4, -0.2) is 22.1 Å². The highest BCUT2D eigenvalue weighted by atomic mass is 16.4. The van der Waals surface area contributed by atoms with Crippen LogP contribution in [0.3, 0.4) is 0 Å². The average molecular weight is 450 g/mol. The number of carboxylic acids is 1. The number of nitrogens with one attached hydrogen (secondary N) is 1. The molecule has 1 amide bonds. The molecule has 0 atom stereocenters. The number of allylic oxidation sites excluding steroid dienone is 9. The average Bonchev–Trinajstić information content (AvgIpc) is 2.68. The van der Waals surface area contributed by atoms with Crippen LogP contribution in [0.2, 0.25) is 0 Å². The number of carbonyl (C=O) groups is 2. The molecule has 0 spiro atoms. The first-order valence-corrected chi connectivity index (χ1v) is 11.2. The van der Waals surface area contributed by atoms with E-state index in [-0.39, 0.29) is 23.5 Å². The van der Waals surface area contributed by atoms with E-state index in [0.29, 0.717) is 11.3 Å². The third-order valence-corrected chi connectivity index (χ3v) is 5.83. The maximum Gasteiger partial charge on any atom is 0.307 e. The van der Waals surface area contributed by atoms with Crippen LogP contribution >= 0.6 is 0 Å². The van der Waals surface area contributed by atoms with Gasteiger partial charge in [-0.3, -0.25) is 9.59 Å². The standard InChI is InChI=1S/C28H35NO4/c1-19(11-14-24-21(3)10-7-15-28(24,4)5)8-6-9-20(2)16-26(31)29-23-13-12-22(17-27(32)33)25(30)18-23/h6,8-9,11-14,16,18,30H,7,10,15,17H2,1-5H3,(H,29,31)(H,32,33). The summed E-state index contributed by atoms with van der Waals surface area (Å²) in [6.45, 7) is 10.7. The van der Waals surface area contributed by atoms with E-state index in [2.05, 4.69) is 45.2 Å². The second kappa shape index (κ2) is 11.5. The van der Waals surface area contributed by atoms with Crippen molar-refractivity contribution in [3.8, 4) is 5.75 Å². The number of amides is 1. The highest BCUT2D eigenvalue weighted by Crippen LogP contribution is 2.40. The topological polar surface area (TPSA) is 86.6 Å². The van der Waals surface area contributed by atoms with E-state index in [1.807, 2.05) is 25.2 Å². The van der Waals surface area contributed by atoms with E-state index >= 15 is 0 Å². The van der Waals surface area contributed by atoms with Crippen molar-refractivity contribution in [3.63, 3.8) is 0 Å². The molecule has 5 nitrogen and oxygen atoms in total. The minimum Gasteiger partial charge on any atom is -0.508 e. The first-order valence-electron chi connectivity index (χ1n) is 11.2. The van der Waals surface area contributed by atoms with Gasteiger partial charge in [-0.05, 0) is 62.7 Å². The highest BCUT2D eigenvalue weighted by Gasteiger charge is 2.26. The number of rotatable bonds is 8. The molecule has 0 fully saturated rings. The monoisotopic (exact) mass is 449 g/mol. The molecule has 0 saturated carbocycles. The molecule has 3 N–H and O–H groups in total. The Balaban J connectivity index is 1.97. The Kier molecular flexibility index (Phi) is 9.03. The SMILES string of the molecule is CC(C=CC1=C(C)CCCC1(C)C)=CC=CC(C)=CC(=O)Nc1ccc(CC(=O)O)c(O)c1. The number of hydrogen-bond acceptors (Lipinski definition) is 3. The fraction of sp³-hybridized carbons (Fsp3) is 0.357. The predicted molar refractivity (Wildman–Crippen MR) is 134 cm³/mol. The lowest BCUT2D eigenvalue weighted by Gasteiger charge is -2.32. The summed E-state index contributed by atoms with van der Waals surface area (Å²) in [6.07, 6.45) is 15.0. The van der Waals surface area contributed by atoms with E-state index in [0.717, 1.165) is 11.1 Å². The molecule has 0 aliphatic heterocycles. The Labute approximate surface area is 196 Å². The Bertz CT molecular complexity index is 1050. The zero-order valence-electron chi connectivity index (χ0n) is 20.2. The molecule has 0 radical (unpaired) electrons. The summed E-state index contributed by atoms with van der Waals surface area (Å²) in [6, 6.07) is 4.40. The summed E-state index contributed by atoms with van der Waals surface area (Å²) < 4.78 is 0. The van der Waals surface area contributed by atoms with E-state index < -0.39 is 5.97 Å². The van der Waals surface area contributed by atoms with Gasteiger partial charge in [0.25, 0.3) is 0 Å². The summed E-state index contributed by atoms with van der Waals surface area (Å²) in [5.41, 5.74) is 5.72. The lowest BCUT2D eigenvalue weighted by atomic mass is 9.72. The van der Waals surface area contributed by atoms with Gasteiger partial charge in [0.05, 0.1) is 6.42 Å². The van der Waals surface area contributed by atoms with Gasteiger partial charge in [0, 0.05) is 23.4 Å². The molecule has 1 aliphatic carbocycles. The van der Waals surface area contributed by atoms with E-state index in [1.165, 1.54) is 48.6 Å². The van der Waals surface area contributed by atoms with Crippen LogP contribution in [0.15, 0.2) is 76.9 Å². The van der Waals surface area contributed by atoms with Crippen molar-refractivity contribution in [3.05, 3.63) is 82.5 Å². The maximum atomic E-state index is 12.2. The van der Waals surface area contributed by atoms with Gasteiger partial charge in [-0.15, -0.1) is 0 Å². The second-order valence-corrected chi connectivity index (χ2v) is 9.33. The minimum atomic E-state index is -1.03. The molecule has 0 unspecified atom stereocenters. The van der Waals surface area contributed by atoms with Crippen molar-refractivity contribution in [1.82, 2.24) is 0 Å². The summed E-state index contributed by atoms with van der Waals surface area (Å²) in [5.74, 6) is -1.52. The maximum absolute atomic E-state index is 12.2. The number of carbonyl (C=O) groups excluding carboxylic acids is 1. The van der Waals surface area contributed by atoms with E-state index in [1.54, 1.807) is 6.07 Å². The number of anilines is 1. The van der Waals surface area contributed by atoms with Gasteiger partial charge in [0.2, 0.25) is 5.91 Å². The van der Waals surface area contributed by atoms with Gasteiger partial charge < -0.3 is 15.5 Å². The summed E-state index contributed by atoms with van der Waals surface area (Å²) in [5, 5.41) is 21.4. The van der Waals surface area contributed by atoms with Crippen molar-refractivity contribution in [1.29, 1.82) is 0 Å². The zero-order valence-corrected chi connectivity index (χ0v) is 20.2. The van der Waals surface area contributed by atoms with Crippen molar-refractivity contribution in [2.75, 3.05) is 5.32 Å². The number of hydrogen-bond donors (Lipinski definition) is 3. The van der Waals surface area contributed by atoms with E-state index in [9.17, 15) is 14.7 Å². The number of phenolic OH excluding ortho intramolecular Hbond substituents is 1. The molecule has 1 aromatic carbocycles. The summed E-state index contributed by atoms with van der Waals surface area (Å²) in [7, 11) is 0. The molecule has 0 saturated heterocycles. The second-order valence-electron chi connectivity index (χ2n) is 9.33. The van der Waals surface area contributed by atoms with Crippen LogP contribution in [-0.2, 0) is 16.0 Å². The molecule has 0 heterocycles. The first-order chi connectivity index (χ1) is 15.5. The van der Waals surface area contributed by atoms with Crippen LogP contribution in [0.25, 0.3) is 0 Å². The van der Waals surface area contributed by atoms with Crippen molar-refractivity contribution in [2.45, 2.75) is 60.3 Å². The normalized spacial score (nSPS) is 17.1. The number of aromatic hydroxyl groups is 1. The molecule has 0 bridgehead atoms. The van der Waals surface area contributed by atoms with Crippen molar-refractivity contribution < 1.29 is 19.8 Å². The minimum absolute atomic E-state index is 0.160. The molecule has 33 heavy (non-hydrogen) atoms. The molecule has 1 aromatic rings. The van der Waals surface area contributed by atoms with Gasteiger partial charge in [-0.1, -0.05) is 61.4 Å². The lowest BCUT2D eigenvalue weighted by Crippen LogP contribution is -2.19. The fourth-order valence-electron chi connectivity index (χ4n) is 4.02. The van der Waals surface area contributed by atoms with Crippen LogP contribution < -0.4 is 5.32 Å². The van der Waals surface area contributed by atoms with E-state index in [4.69, 9.17) is 5.11 Å². The van der Waals surface area contributed by atoms with Gasteiger partial charge in [-0.25, -0.2) is 0 Å². The van der Waals surface area contributed by atoms with Crippen molar-refractivity contribution in [2.24, 2.45) is 5.41 Å². The molecule has 5 heteroatoms. The lowest BCUT2D eigenvalue weighted by molar-refractivity contribution is -0.136. The number of benzene rings is 1. The first kappa shape index (κ1) is 25.9. The molecule has 176 valence electrons. The Morgan fingerprint density at radius 3 is 2.52 bits per heavy atom. The highest BCUT2D eigenvalue weighted by molar-refractivity contribution is 6.00. The molecule has 2 rings (SSSR count). The van der Waals surface area contributed by atoms with Crippen LogP contribution in [0, 0.1) is 5.41 Å². The fourth-order valence-corrected chi connectivity index (χ4v) is 4.02. The molecular weight excluding hydrogens is 414 g/mol. The molecular formula is C28H35NO4. The van der Waals surface area contributed by atoms with Crippen LogP contribution in [0.4, 0.5) is 5.69 Å². The van der Waals surface area contributed by atoms with Gasteiger partial charge in [0.1, 0.15) is 5.75 Å². The van der Waals surface area contributed by atoms with Gasteiger partial charge >= 0.3 is 5.97 Å². The third-order valence-electron chi connectivity index (χ3n) is 5.83. The number of phenols is 1. The third kappa shape index (κ3) is 8.26. The number of aliphatic carboxylic acids is 1. The quantitative estimate of drug-likeness (QED) is 0.313. The largest absolute Gasteiger partial charge is 0.508 e. The predicted octanol–water partition coefficient (Wildman–Crippen LogP) is 6.49. The summed E-state index contributed by atoms with van der Waals surface area (Å²) >= 11 is 0. The van der Waals surface area contributed by atoms with Crippen LogP contribution in [0.1, 0.15) is 59.4 Å². The Morgan fingerprint density at radius 1 is 1.15 bits per heavy atom. The molecule has 0 aromatic heterocycles. The Morgan fingerprint density at radius 2 is 1.88 bits per heavy atom. The summed E-state index contributed by atoms with van der Waals surface area (Å²) in [4.78, 5) is 23.0. The Hall–Kier alpha value is -3.34. The smallest absolute Gasteiger partial charge is 0.307 e. The van der Waals surface area contributed by atoms with Crippen molar-refractivity contribution >= 4 is 17.6 Å². The zero-order chi connectivity index (χ0) is 24.6. The van der Waals surface area contributed by atoms with Gasteiger partial charge in [-0.2, -0.15) is 0 Å². The van der Waals surface area contributed by atoms with Gasteiger partial charge in [0.15, 0.2) is 0 Å².